The lowest BCUT2D eigenvalue weighted by Gasteiger charge is -2.42. The third kappa shape index (κ3) is 2.69. The normalized spacial score (nSPS) is 30.2. The molecule has 0 aromatic carbocycles. The van der Waals surface area contributed by atoms with Crippen LogP contribution < -0.4 is 5.73 Å². The molecular formula is C11H25N3. The Morgan fingerprint density at radius 2 is 2.00 bits per heavy atom. The largest absolute Gasteiger partial charge is 0.330 e. The highest BCUT2D eigenvalue weighted by atomic mass is 15.3. The molecule has 3 nitrogen and oxygen atoms in total. The molecule has 1 aliphatic heterocycles. The van der Waals surface area contributed by atoms with Crippen LogP contribution in [-0.4, -0.2) is 55.1 Å². The van der Waals surface area contributed by atoms with Gasteiger partial charge >= 0.3 is 0 Å². The van der Waals surface area contributed by atoms with Gasteiger partial charge in [0.15, 0.2) is 0 Å². The standard InChI is InChI=1S/C11H25N3/c1-9(7-12)11(3)14-6-5-13(4)10(2)8-14/h9-11H,5-8,12H2,1-4H3. The van der Waals surface area contributed by atoms with E-state index in [0.717, 1.165) is 6.54 Å². The first-order valence-electron chi connectivity index (χ1n) is 5.70. The van der Waals surface area contributed by atoms with Gasteiger partial charge in [-0.1, -0.05) is 6.92 Å². The van der Waals surface area contributed by atoms with Gasteiger partial charge < -0.3 is 10.6 Å². The molecule has 1 aliphatic rings. The maximum absolute atomic E-state index is 5.70. The van der Waals surface area contributed by atoms with Crippen molar-refractivity contribution in [3.63, 3.8) is 0 Å². The molecule has 1 heterocycles. The summed E-state index contributed by atoms with van der Waals surface area (Å²) in [6.07, 6.45) is 0. The summed E-state index contributed by atoms with van der Waals surface area (Å²) in [4.78, 5) is 5.00. The predicted octanol–water partition coefficient (Wildman–Crippen LogP) is 0.606. The second kappa shape index (κ2) is 5.10. The molecule has 1 rings (SSSR count). The van der Waals surface area contributed by atoms with Crippen LogP contribution in [0.15, 0.2) is 0 Å². The van der Waals surface area contributed by atoms with Crippen LogP contribution in [-0.2, 0) is 0 Å². The fraction of sp³-hybridized carbons (Fsp3) is 1.00. The van der Waals surface area contributed by atoms with Gasteiger partial charge in [0.1, 0.15) is 0 Å². The summed E-state index contributed by atoms with van der Waals surface area (Å²) >= 11 is 0. The lowest BCUT2D eigenvalue weighted by molar-refractivity contribution is 0.0603. The number of nitrogens with two attached hydrogens (primary N) is 1. The first-order chi connectivity index (χ1) is 6.56. The molecule has 3 unspecified atom stereocenters. The molecule has 0 saturated carbocycles. The van der Waals surface area contributed by atoms with Gasteiger partial charge in [0, 0.05) is 31.7 Å². The Hall–Kier alpha value is -0.120. The fourth-order valence-electron chi connectivity index (χ4n) is 2.00. The van der Waals surface area contributed by atoms with E-state index in [-0.39, 0.29) is 0 Å². The highest BCUT2D eigenvalue weighted by Gasteiger charge is 2.26. The molecular weight excluding hydrogens is 174 g/mol. The van der Waals surface area contributed by atoms with Crippen LogP contribution in [0.5, 0.6) is 0 Å². The van der Waals surface area contributed by atoms with E-state index in [1.165, 1.54) is 19.6 Å². The summed E-state index contributed by atoms with van der Waals surface area (Å²) in [6.45, 7) is 11.2. The monoisotopic (exact) mass is 199 g/mol. The Labute approximate surface area is 88.2 Å². The zero-order valence-corrected chi connectivity index (χ0v) is 10.0. The average Bonchev–Trinajstić information content (AvgIpc) is 2.20. The topological polar surface area (TPSA) is 32.5 Å². The Kier molecular flexibility index (Phi) is 4.35. The zero-order valence-electron chi connectivity index (χ0n) is 10.0. The van der Waals surface area contributed by atoms with Crippen LogP contribution in [0.25, 0.3) is 0 Å². The van der Waals surface area contributed by atoms with Crippen LogP contribution in [0.3, 0.4) is 0 Å². The Bertz CT molecular complexity index is 172. The van der Waals surface area contributed by atoms with E-state index >= 15 is 0 Å². The van der Waals surface area contributed by atoms with Crippen molar-refractivity contribution in [1.29, 1.82) is 0 Å². The second-order valence-corrected chi connectivity index (χ2v) is 4.78. The van der Waals surface area contributed by atoms with Gasteiger partial charge in [-0.15, -0.1) is 0 Å². The SMILES string of the molecule is CC(CN)C(C)N1CCN(C)C(C)C1. The second-order valence-electron chi connectivity index (χ2n) is 4.78. The van der Waals surface area contributed by atoms with E-state index in [1.54, 1.807) is 0 Å². The Morgan fingerprint density at radius 3 is 2.50 bits per heavy atom. The third-order valence-corrected chi connectivity index (χ3v) is 3.76. The van der Waals surface area contributed by atoms with Crippen molar-refractivity contribution in [2.75, 3.05) is 33.2 Å². The third-order valence-electron chi connectivity index (χ3n) is 3.76. The number of nitrogens with zero attached hydrogens (tertiary/aromatic N) is 2. The number of likely N-dealkylation sites (N-methyl/N-ethyl adjacent to an activating group) is 1. The average molecular weight is 199 g/mol. The minimum absolute atomic E-state index is 0.602. The van der Waals surface area contributed by atoms with Gasteiger partial charge in [0.2, 0.25) is 0 Å². The molecule has 0 radical (unpaired) electrons. The maximum atomic E-state index is 5.70. The van der Waals surface area contributed by atoms with E-state index < -0.39 is 0 Å². The van der Waals surface area contributed by atoms with E-state index in [0.29, 0.717) is 18.0 Å². The van der Waals surface area contributed by atoms with E-state index in [4.69, 9.17) is 5.73 Å². The number of hydrogen-bond acceptors (Lipinski definition) is 3. The van der Waals surface area contributed by atoms with Gasteiger partial charge in [-0.25, -0.2) is 0 Å². The van der Waals surface area contributed by atoms with Crippen LogP contribution in [0, 0.1) is 5.92 Å². The van der Waals surface area contributed by atoms with Gasteiger partial charge in [0.05, 0.1) is 0 Å². The van der Waals surface area contributed by atoms with Gasteiger partial charge in [-0.2, -0.15) is 0 Å². The summed E-state index contributed by atoms with van der Waals surface area (Å²) in [7, 11) is 2.21. The molecule has 0 aromatic heterocycles. The Morgan fingerprint density at radius 1 is 1.36 bits per heavy atom. The van der Waals surface area contributed by atoms with Crippen molar-refractivity contribution >= 4 is 0 Å². The maximum Gasteiger partial charge on any atom is 0.0192 e. The van der Waals surface area contributed by atoms with Crippen molar-refractivity contribution in [2.24, 2.45) is 11.7 Å². The van der Waals surface area contributed by atoms with E-state index in [1.807, 2.05) is 0 Å². The van der Waals surface area contributed by atoms with E-state index in [9.17, 15) is 0 Å². The smallest absolute Gasteiger partial charge is 0.0192 e. The predicted molar refractivity (Wildman–Crippen MR) is 61.3 cm³/mol. The molecule has 0 amide bonds. The molecule has 3 atom stereocenters. The molecule has 2 N–H and O–H groups in total. The lowest BCUT2D eigenvalue weighted by Crippen LogP contribution is -2.54. The number of rotatable bonds is 3. The van der Waals surface area contributed by atoms with Crippen LogP contribution in [0.1, 0.15) is 20.8 Å². The van der Waals surface area contributed by atoms with Crippen molar-refractivity contribution in [3.05, 3.63) is 0 Å². The molecule has 3 heteroatoms. The van der Waals surface area contributed by atoms with Crippen LogP contribution in [0.4, 0.5) is 0 Å². The molecule has 1 saturated heterocycles. The first kappa shape index (κ1) is 12.0. The minimum Gasteiger partial charge on any atom is -0.330 e. The zero-order chi connectivity index (χ0) is 10.7. The van der Waals surface area contributed by atoms with Gasteiger partial charge in [-0.05, 0) is 33.4 Å². The van der Waals surface area contributed by atoms with Crippen molar-refractivity contribution in [2.45, 2.75) is 32.9 Å². The fourth-order valence-corrected chi connectivity index (χ4v) is 2.00. The van der Waals surface area contributed by atoms with Gasteiger partial charge in [0.25, 0.3) is 0 Å². The summed E-state index contributed by atoms with van der Waals surface area (Å²) in [5.41, 5.74) is 5.70. The minimum atomic E-state index is 0.602. The summed E-state index contributed by atoms with van der Waals surface area (Å²) < 4.78 is 0. The first-order valence-corrected chi connectivity index (χ1v) is 5.70. The highest BCUT2D eigenvalue weighted by molar-refractivity contribution is 4.82. The van der Waals surface area contributed by atoms with Crippen molar-refractivity contribution in [3.8, 4) is 0 Å². The van der Waals surface area contributed by atoms with E-state index in [2.05, 4.69) is 37.6 Å². The Balaban J connectivity index is 2.45. The molecule has 84 valence electrons. The summed E-state index contributed by atoms with van der Waals surface area (Å²) in [6, 6.07) is 1.30. The number of piperazine rings is 1. The molecule has 0 spiro atoms. The van der Waals surface area contributed by atoms with Crippen LogP contribution in [0.2, 0.25) is 0 Å². The van der Waals surface area contributed by atoms with Gasteiger partial charge in [-0.3, -0.25) is 4.90 Å². The molecule has 14 heavy (non-hydrogen) atoms. The molecule has 0 aliphatic carbocycles. The highest BCUT2D eigenvalue weighted by Crippen LogP contribution is 2.15. The lowest BCUT2D eigenvalue weighted by atomic mass is 10.0. The molecule has 1 fully saturated rings. The quantitative estimate of drug-likeness (QED) is 0.723. The molecule has 0 bridgehead atoms. The summed E-state index contributed by atoms with van der Waals surface area (Å²) in [5.74, 6) is 0.602. The van der Waals surface area contributed by atoms with Crippen molar-refractivity contribution < 1.29 is 0 Å². The van der Waals surface area contributed by atoms with Crippen molar-refractivity contribution in [1.82, 2.24) is 9.80 Å². The van der Waals surface area contributed by atoms with Crippen LogP contribution >= 0.6 is 0 Å². The number of hydrogen-bond donors (Lipinski definition) is 1. The summed E-state index contributed by atoms with van der Waals surface area (Å²) in [5, 5.41) is 0. The molecule has 0 aromatic rings.